The second kappa shape index (κ2) is 7.18. The number of aryl methyl sites for hydroxylation is 1. The second-order valence-electron chi connectivity index (χ2n) is 7.62. The van der Waals surface area contributed by atoms with Gasteiger partial charge in [0.1, 0.15) is 0 Å². The third-order valence-electron chi connectivity index (χ3n) is 4.29. The number of nitrogens with one attached hydrogen (secondary N) is 1. The average Bonchev–Trinajstić information content (AvgIpc) is 3.04. The second-order valence-corrected chi connectivity index (χ2v) is 7.62. The Labute approximate surface area is 162 Å². The Hall–Kier alpha value is -3.04. The summed E-state index contributed by atoms with van der Waals surface area (Å²) in [6.45, 7) is 7.00. The van der Waals surface area contributed by atoms with Crippen molar-refractivity contribution in [2.24, 2.45) is 5.41 Å². The van der Waals surface area contributed by atoms with E-state index in [1.54, 1.807) is 52.1 Å². The monoisotopic (exact) mass is 380 g/mol. The van der Waals surface area contributed by atoms with Crippen LogP contribution in [0.1, 0.15) is 36.7 Å². The van der Waals surface area contributed by atoms with Crippen LogP contribution < -0.4 is 10.9 Å². The highest BCUT2D eigenvalue weighted by Gasteiger charge is 2.24. The van der Waals surface area contributed by atoms with Gasteiger partial charge in [-0.05, 0) is 30.7 Å². The Morgan fingerprint density at radius 1 is 1.14 bits per heavy atom. The fourth-order valence-corrected chi connectivity index (χ4v) is 2.56. The molecule has 0 aliphatic heterocycles. The van der Waals surface area contributed by atoms with E-state index in [1.807, 2.05) is 6.07 Å². The van der Waals surface area contributed by atoms with Gasteiger partial charge in [0.2, 0.25) is 5.91 Å². The quantitative estimate of drug-likeness (QED) is 0.576. The van der Waals surface area contributed by atoms with Crippen molar-refractivity contribution in [1.29, 1.82) is 0 Å². The summed E-state index contributed by atoms with van der Waals surface area (Å²) in [7, 11) is -1.68. The Balaban J connectivity index is 1.96. The molecule has 2 heterocycles. The van der Waals surface area contributed by atoms with Gasteiger partial charge in [-0.15, -0.1) is 0 Å². The van der Waals surface area contributed by atoms with Crippen LogP contribution in [0, 0.1) is 12.3 Å². The molecule has 2 aromatic heterocycles. The fourth-order valence-electron chi connectivity index (χ4n) is 2.56. The minimum absolute atomic E-state index is 0.0983. The van der Waals surface area contributed by atoms with E-state index in [0.717, 1.165) is 5.56 Å². The van der Waals surface area contributed by atoms with E-state index >= 15 is 0 Å². The number of aromatic nitrogens is 3. The number of carbonyl (C=O) groups is 2. The van der Waals surface area contributed by atoms with Gasteiger partial charge in [0.05, 0.1) is 17.5 Å². The SMILES string of the molecule is Cc1ccc(-c2cn3nc(B(O)O)ccc3n2)cc1C(=O)NC(=O)C(C)(C)C. The van der Waals surface area contributed by atoms with Crippen LogP contribution >= 0.6 is 0 Å². The summed E-state index contributed by atoms with van der Waals surface area (Å²) >= 11 is 0. The van der Waals surface area contributed by atoms with Crippen LogP contribution in [0.25, 0.3) is 16.9 Å². The smallest absolute Gasteiger partial charge is 0.422 e. The fraction of sp³-hybridized carbons (Fsp3) is 0.263. The number of nitrogens with zero attached hydrogens (tertiary/aromatic N) is 3. The number of rotatable bonds is 3. The van der Waals surface area contributed by atoms with E-state index in [-0.39, 0.29) is 11.5 Å². The third kappa shape index (κ3) is 3.95. The Morgan fingerprint density at radius 3 is 2.50 bits per heavy atom. The zero-order chi connectivity index (χ0) is 20.6. The molecule has 2 amide bonds. The summed E-state index contributed by atoms with van der Waals surface area (Å²) in [5.74, 6) is -0.818. The first-order chi connectivity index (χ1) is 13.1. The molecule has 0 saturated heterocycles. The van der Waals surface area contributed by atoms with E-state index in [4.69, 9.17) is 0 Å². The lowest BCUT2D eigenvalue weighted by Gasteiger charge is -2.17. The predicted molar refractivity (Wildman–Crippen MR) is 105 cm³/mol. The van der Waals surface area contributed by atoms with E-state index in [1.165, 1.54) is 10.6 Å². The van der Waals surface area contributed by atoms with Crippen LogP contribution in [0.15, 0.2) is 36.5 Å². The molecule has 28 heavy (non-hydrogen) atoms. The minimum Gasteiger partial charge on any atom is -0.422 e. The summed E-state index contributed by atoms with van der Waals surface area (Å²) in [4.78, 5) is 29.1. The van der Waals surface area contributed by atoms with Crippen LogP contribution in [0.5, 0.6) is 0 Å². The highest BCUT2D eigenvalue weighted by Crippen LogP contribution is 2.22. The van der Waals surface area contributed by atoms with Gasteiger partial charge in [0.25, 0.3) is 5.91 Å². The summed E-state index contributed by atoms with van der Waals surface area (Å²) < 4.78 is 1.44. The molecule has 3 aromatic rings. The Kier molecular flexibility index (Phi) is 5.05. The minimum atomic E-state index is -1.68. The molecule has 0 unspecified atom stereocenters. The molecular weight excluding hydrogens is 359 g/mol. The zero-order valence-electron chi connectivity index (χ0n) is 16.1. The van der Waals surface area contributed by atoms with Crippen molar-refractivity contribution < 1.29 is 19.6 Å². The van der Waals surface area contributed by atoms with Crippen LogP contribution in [0.3, 0.4) is 0 Å². The van der Waals surface area contributed by atoms with Crippen molar-refractivity contribution in [2.75, 3.05) is 0 Å². The predicted octanol–water partition coefficient (Wildman–Crippen LogP) is 0.687. The Morgan fingerprint density at radius 2 is 1.86 bits per heavy atom. The number of hydrogen-bond acceptors (Lipinski definition) is 6. The number of imidazole rings is 1. The molecule has 0 radical (unpaired) electrons. The lowest BCUT2D eigenvalue weighted by molar-refractivity contribution is -0.127. The molecule has 1 aromatic carbocycles. The van der Waals surface area contributed by atoms with Gasteiger partial charge in [0.15, 0.2) is 5.65 Å². The van der Waals surface area contributed by atoms with E-state index < -0.39 is 18.4 Å². The topological polar surface area (TPSA) is 117 Å². The van der Waals surface area contributed by atoms with Crippen molar-refractivity contribution in [3.8, 4) is 11.3 Å². The molecule has 3 N–H and O–H groups in total. The molecule has 144 valence electrons. The highest BCUT2D eigenvalue weighted by atomic mass is 16.4. The number of fused-ring (bicyclic) bond motifs is 1. The lowest BCUT2D eigenvalue weighted by Crippen LogP contribution is -2.39. The van der Waals surface area contributed by atoms with Gasteiger partial charge >= 0.3 is 7.12 Å². The molecule has 0 bridgehead atoms. The first kappa shape index (κ1) is 19.7. The van der Waals surface area contributed by atoms with Crippen molar-refractivity contribution in [3.05, 3.63) is 47.7 Å². The maximum atomic E-state index is 12.6. The molecular formula is C19H21BN4O4. The number of amides is 2. The molecule has 0 saturated carbocycles. The average molecular weight is 380 g/mol. The number of benzene rings is 1. The molecule has 8 nitrogen and oxygen atoms in total. The van der Waals surface area contributed by atoms with Gasteiger partial charge in [-0.2, -0.15) is 5.10 Å². The van der Waals surface area contributed by atoms with Crippen LogP contribution in [-0.4, -0.2) is 43.6 Å². The first-order valence-corrected chi connectivity index (χ1v) is 8.75. The maximum Gasteiger partial charge on any atom is 0.510 e. The largest absolute Gasteiger partial charge is 0.510 e. The van der Waals surface area contributed by atoms with Gasteiger partial charge in [-0.25, -0.2) is 9.50 Å². The summed E-state index contributed by atoms with van der Waals surface area (Å²) in [5.41, 5.74) is 2.30. The van der Waals surface area contributed by atoms with Gasteiger partial charge in [0, 0.05) is 16.5 Å². The van der Waals surface area contributed by atoms with E-state index in [9.17, 15) is 19.6 Å². The molecule has 0 aliphatic rings. The number of carbonyl (C=O) groups excluding carboxylic acids is 2. The van der Waals surface area contributed by atoms with Crippen molar-refractivity contribution >= 4 is 30.2 Å². The molecule has 9 heteroatoms. The number of imide groups is 1. The Bertz CT molecular complexity index is 1070. The molecule has 0 atom stereocenters. The molecule has 0 spiro atoms. The van der Waals surface area contributed by atoms with Crippen molar-refractivity contribution in [1.82, 2.24) is 19.9 Å². The number of hydrogen-bond donors (Lipinski definition) is 3. The molecule has 3 rings (SSSR count). The van der Waals surface area contributed by atoms with Crippen molar-refractivity contribution in [3.63, 3.8) is 0 Å². The lowest BCUT2D eigenvalue weighted by atomic mass is 9.86. The van der Waals surface area contributed by atoms with Crippen molar-refractivity contribution in [2.45, 2.75) is 27.7 Å². The van der Waals surface area contributed by atoms with E-state index in [0.29, 0.717) is 22.5 Å². The van der Waals surface area contributed by atoms with Crippen LogP contribution in [-0.2, 0) is 4.79 Å². The third-order valence-corrected chi connectivity index (χ3v) is 4.29. The standard InChI is InChI=1S/C19H21BN4O4/c1-11-5-6-12(9-13(11)17(25)22-18(26)19(2,3)4)14-10-24-16(21-14)8-7-15(23-24)20(27)28/h5-10,27-28H,1-4H3,(H,22,25,26). The zero-order valence-corrected chi connectivity index (χ0v) is 16.1. The van der Waals surface area contributed by atoms with Gasteiger partial charge in [-0.3, -0.25) is 14.9 Å². The summed E-state index contributed by atoms with van der Waals surface area (Å²) in [6, 6.07) is 8.37. The molecule has 0 aliphatic carbocycles. The summed E-state index contributed by atoms with van der Waals surface area (Å²) in [6.07, 6.45) is 1.63. The first-order valence-electron chi connectivity index (χ1n) is 8.75. The van der Waals surface area contributed by atoms with E-state index in [2.05, 4.69) is 15.4 Å². The summed E-state index contributed by atoms with van der Waals surface area (Å²) in [5, 5.41) is 25.0. The van der Waals surface area contributed by atoms with Gasteiger partial charge in [-0.1, -0.05) is 32.9 Å². The van der Waals surface area contributed by atoms with Gasteiger partial charge < -0.3 is 10.0 Å². The molecule has 0 fully saturated rings. The van der Waals surface area contributed by atoms with Crippen LogP contribution in [0.4, 0.5) is 0 Å². The maximum absolute atomic E-state index is 12.6. The highest BCUT2D eigenvalue weighted by molar-refractivity contribution is 6.57. The van der Waals surface area contributed by atoms with Crippen LogP contribution in [0.2, 0.25) is 0 Å². The normalized spacial score (nSPS) is 11.5.